The Balaban J connectivity index is 3.12. The summed E-state index contributed by atoms with van der Waals surface area (Å²) in [4.78, 5) is 10.5. The number of carboxylic acid groups (broad SMARTS) is 1. The number of aliphatic carboxylic acids is 1. The van der Waals surface area contributed by atoms with Crippen molar-refractivity contribution in [2.45, 2.75) is 44.6 Å². The van der Waals surface area contributed by atoms with Crippen molar-refractivity contribution in [1.29, 1.82) is 0 Å². The summed E-state index contributed by atoms with van der Waals surface area (Å²) >= 11 is 12.1. The van der Waals surface area contributed by atoms with Crippen LogP contribution in [0.5, 0.6) is 0 Å². The van der Waals surface area contributed by atoms with Crippen LogP contribution in [0.1, 0.15) is 30.9 Å². The van der Waals surface area contributed by atoms with E-state index in [0.717, 1.165) is 0 Å². The molecule has 0 fully saturated rings. The van der Waals surface area contributed by atoms with Gasteiger partial charge in [0.05, 0.1) is 5.02 Å². The molecule has 21 heavy (non-hydrogen) atoms. The van der Waals surface area contributed by atoms with Gasteiger partial charge in [-0.3, -0.25) is 4.79 Å². The molecule has 5 nitrogen and oxygen atoms in total. The Morgan fingerprint density at radius 1 is 1.38 bits per heavy atom. The minimum atomic E-state index is -3.87. The second-order valence-electron chi connectivity index (χ2n) is 4.90. The van der Waals surface area contributed by atoms with E-state index < -0.39 is 22.0 Å². The lowest BCUT2D eigenvalue weighted by molar-refractivity contribution is -0.137. The van der Waals surface area contributed by atoms with Gasteiger partial charge in [0.2, 0.25) is 10.0 Å². The lowest BCUT2D eigenvalue weighted by atomic mass is 10.2. The topological polar surface area (TPSA) is 83.5 Å². The van der Waals surface area contributed by atoms with E-state index >= 15 is 0 Å². The van der Waals surface area contributed by atoms with E-state index in [1.54, 1.807) is 26.8 Å². The molecule has 0 spiro atoms. The summed E-state index contributed by atoms with van der Waals surface area (Å²) in [5, 5.41) is 9.06. The van der Waals surface area contributed by atoms with Gasteiger partial charge in [-0.1, -0.05) is 23.2 Å². The van der Waals surface area contributed by atoms with Crippen molar-refractivity contribution in [3.8, 4) is 0 Å². The summed E-state index contributed by atoms with van der Waals surface area (Å²) < 4.78 is 27.3. The monoisotopic (exact) mass is 353 g/mol. The number of hydrogen-bond donors (Lipinski definition) is 2. The number of halogens is 2. The second-order valence-corrected chi connectivity index (χ2v) is 7.33. The van der Waals surface area contributed by atoms with E-state index in [1.807, 2.05) is 0 Å². The van der Waals surface area contributed by atoms with E-state index in [9.17, 15) is 13.2 Å². The van der Waals surface area contributed by atoms with E-state index in [1.165, 1.54) is 0 Å². The number of carboxylic acids is 1. The van der Waals surface area contributed by atoms with Crippen molar-refractivity contribution in [1.82, 2.24) is 4.72 Å². The van der Waals surface area contributed by atoms with Crippen LogP contribution < -0.4 is 4.72 Å². The minimum Gasteiger partial charge on any atom is -0.481 e. The molecule has 0 saturated carbocycles. The first-order chi connectivity index (χ1) is 9.56. The van der Waals surface area contributed by atoms with Gasteiger partial charge < -0.3 is 5.11 Å². The number of hydrogen-bond acceptors (Lipinski definition) is 3. The third-order valence-corrected chi connectivity index (χ3v) is 5.76. The number of sulfonamides is 1. The molecule has 0 aliphatic rings. The lowest BCUT2D eigenvalue weighted by Crippen LogP contribution is -2.33. The van der Waals surface area contributed by atoms with Gasteiger partial charge in [-0.15, -0.1) is 0 Å². The molecule has 1 atom stereocenters. The van der Waals surface area contributed by atoms with Crippen LogP contribution in [0.2, 0.25) is 10.0 Å². The zero-order valence-corrected chi connectivity index (χ0v) is 14.2. The summed E-state index contributed by atoms with van der Waals surface area (Å²) in [5.41, 5.74) is 0.927. The summed E-state index contributed by atoms with van der Waals surface area (Å²) in [6.07, 6.45) is 0.0652. The molecule has 1 aromatic rings. The normalized spacial score (nSPS) is 13.2. The van der Waals surface area contributed by atoms with Gasteiger partial charge in [-0.05, 0) is 44.4 Å². The van der Waals surface area contributed by atoms with Crippen LogP contribution >= 0.6 is 23.2 Å². The average molecular weight is 354 g/mol. The molecule has 0 aromatic heterocycles. The van der Waals surface area contributed by atoms with Gasteiger partial charge in [0.1, 0.15) is 4.90 Å². The molecule has 0 bridgehead atoms. The van der Waals surface area contributed by atoms with Gasteiger partial charge in [-0.2, -0.15) is 0 Å². The zero-order chi connectivity index (χ0) is 16.4. The van der Waals surface area contributed by atoms with Crippen molar-refractivity contribution in [3.05, 3.63) is 27.2 Å². The Hall–Kier alpha value is -0.820. The van der Waals surface area contributed by atoms with Gasteiger partial charge in [0.25, 0.3) is 0 Å². The Morgan fingerprint density at radius 3 is 2.48 bits per heavy atom. The highest BCUT2D eigenvalue weighted by Gasteiger charge is 2.25. The molecule has 0 saturated heterocycles. The number of carbonyl (C=O) groups is 1. The first-order valence-corrected chi connectivity index (χ1v) is 8.49. The average Bonchev–Trinajstić information content (AvgIpc) is 2.33. The molecule has 2 N–H and O–H groups in total. The highest BCUT2D eigenvalue weighted by Crippen LogP contribution is 2.33. The maximum Gasteiger partial charge on any atom is 0.303 e. The van der Waals surface area contributed by atoms with Crippen LogP contribution in [-0.4, -0.2) is 25.5 Å². The molecular formula is C13H17Cl2NO4S. The quantitative estimate of drug-likeness (QED) is 0.822. The fourth-order valence-electron chi connectivity index (χ4n) is 1.86. The van der Waals surface area contributed by atoms with Gasteiger partial charge in [0, 0.05) is 17.5 Å². The van der Waals surface area contributed by atoms with Gasteiger partial charge >= 0.3 is 5.97 Å². The summed E-state index contributed by atoms with van der Waals surface area (Å²) in [5.74, 6) is -0.978. The predicted octanol–water partition coefficient (Wildman–Crippen LogP) is 3.14. The molecule has 1 rings (SSSR count). The van der Waals surface area contributed by atoms with Crippen LogP contribution in [0.25, 0.3) is 0 Å². The molecule has 0 aliphatic heterocycles. The molecule has 1 unspecified atom stereocenters. The van der Waals surface area contributed by atoms with Crippen LogP contribution in [0.4, 0.5) is 0 Å². The molecule has 0 heterocycles. The first kappa shape index (κ1) is 18.2. The molecule has 1 aromatic carbocycles. The van der Waals surface area contributed by atoms with E-state index in [2.05, 4.69) is 4.72 Å². The lowest BCUT2D eigenvalue weighted by Gasteiger charge is -2.17. The third-order valence-electron chi connectivity index (χ3n) is 3.00. The molecule has 0 radical (unpaired) electrons. The van der Waals surface area contributed by atoms with Crippen LogP contribution in [0.15, 0.2) is 11.0 Å². The van der Waals surface area contributed by atoms with E-state index in [-0.39, 0.29) is 22.8 Å². The Labute approximate surface area is 134 Å². The van der Waals surface area contributed by atoms with E-state index in [4.69, 9.17) is 28.3 Å². The van der Waals surface area contributed by atoms with Crippen LogP contribution in [-0.2, 0) is 14.8 Å². The zero-order valence-electron chi connectivity index (χ0n) is 11.9. The molecule has 0 amide bonds. The fourth-order valence-corrected chi connectivity index (χ4v) is 4.35. The maximum absolute atomic E-state index is 12.4. The highest BCUT2D eigenvalue weighted by molar-refractivity contribution is 7.89. The SMILES string of the molecule is Cc1cc(Cl)c(C)c(S(=O)(=O)NC(C)CCC(=O)O)c1Cl. The van der Waals surface area contributed by atoms with Gasteiger partial charge in [0.15, 0.2) is 0 Å². The molecular weight excluding hydrogens is 337 g/mol. The van der Waals surface area contributed by atoms with Crippen molar-refractivity contribution < 1.29 is 18.3 Å². The number of benzene rings is 1. The second kappa shape index (κ2) is 6.96. The number of rotatable bonds is 6. The van der Waals surface area contributed by atoms with E-state index in [0.29, 0.717) is 16.1 Å². The smallest absolute Gasteiger partial charge is 0.303 e. The van der Waals surface area contributed by atoms with Crippen LogP contribution in [0.3, 0.4) is 0 Å². The Morgan fingerprint density at radius 2 is 1.95 bits per heavy atom. The highest BCUT2D eigenvalue weighted by atomic mass is 35.5. The Kier molecular flexibility index (Phi) is 6.04. The number of nitrogens with one attached hydrogen (secondary N) is 1. The summed E-state index contributed by atoms with van der Waals surface area (Å²) in [6.45, 7) is 4.84. The van der Waals surface area contributed by atoms with Crippen molar-refractivity contribution in [3.63, 3.8) is 0 Å². The van der Waals surface area contributed by atoms with Crippen molar-refractivity contribution in [2.75, 3.05) is 0 Å². The maximum atomic E-state index is 12.4. The Bertz CT molecular complexity index is 632. The van der Waals surface area contributed by atoms with Crippen molar-refractivity contribution in [2.24, 2.45) is 0 Å². The predicted molar refractivity (Wildman–Crippen MR) is 82.6 cm³/mol. The fraction of sp³-hybridized carbons (Fsp3) is 0.462. The number of aryl methyl sites for hydroxylation is 1. The first-order valence-electron chi connectivity index (χ1n) is 6.25. The third kappa shape index (κ3) is 4.57. The van der Waals surface area contributed by atoms with Gasteiger partial charge in [-0.25, -0.2) is 13.1 Å². The summed E-state index contributed by atoms with van der Waals surface area (Å²) in [6, 6.07) is 1.08. The van der Waals surface area contributed by atoms with Crippen molar-refractivity contribution >= 4 is 39.2 Å². The minimum absolute atomic E-state index is 0.0589. The molecule has 0 aliphatic carbocycles. The van der Waals surface area contributed by atoms with Crippen LogP contribution in [0, 0.1) is 13.8 Å². The summed E-state index contributed by atoms with van der Waals surface area (Å²) in [7, 11) is -3.87. The molecule has 118 valence electrons. The largest absolute Gasteiger partial charge is 0.481 e. The molecule has 8 heteroatoms. The standard InChI is InChI=1S/C13H17Cl2NO4S/c1-7-6-10(14)9(3)13(12(7)15)21(19,20)16-8(2)4-5-11(17)18/h6,8,16H,4-5H2,1-3H3,(H,17,18).